The highest BCUT2D eigenvalue weighted by Crippen LogP contribution is 2.23. The van der Waals surface area contributed by atoms with E-state index in [2.05, 4.69) is 32.1 Å². The first kappa shape index (κ1) is 26.0. The van der Waals surface area contributed by atoms with Crippen LogP contribution >= 0.6 is 0 Å². The van der Waals surface area contributed by atoms with Crippen LogP contribution in [-0.2, 0) is 16.0 Å². The Labute approximate surface area is 211 Å². The lowest BCUT2D eigenvalue weighted by molar-refractivity contribution is 0.0692. The van der Waals surface area contributed by atoms with Crippen LogP contribution in [0.3, 0.4) is 0 Å². The van der Waals surface area contributed by atoms with Crippen LogP contribution < -0.4 is 15.6 Å². The number of ether oxygens (including phenoxy) is 3. The Hall–Kier alpha value is -3.08. The number of hydrogen-bond acceptors (Lipinski definition) is 9. The van der Waals surface area contributed by atoms with Crippen LogP contribution in [0.5, 0.6) is 5.88 Å². The van der Waals surface area contributed by atoms with Crippen molar-refractivity contribution in [1.29, 1.82) is 0 Å². The summed E-state index contributed by atoms with van der Waals surface area (Å²) in [6.07, 6.45) is 5.75. The van der Waals surface area contributed by atoms with Crippen molar-refractivity contribution in [2.45, 2.75) is 39.3 Å². The molecule has 4 rings (SSSR count). The molecule has 3 aromatic rings. The van der Waals surface area contributed by atoms with Gasteiger partial charge in [-0.1, -0.05) is 6.92 Å². The maximum Gasteiger partial charge on any atom is 0.293 e. The SMILES string of the molecule is CCCOCCn1c(=O)c(NCCN2CCC(OCC)C2)nc2ncc(-c3ccc(OC)nc3)cc21. The normalized spacial score (nSPS) is 16.0. The zero-order chi connectivity index (χ0) is 25.3. The van der Waals surface area contributed by atoms with Gasteiger partial charge >= 0.3 is 0 Å². The van der Waals surface area contributed by atoms with E-state index in [1.54, 1.807) is 30.1 Å². The van der Waals surface area contributed by atoms with E-state index in [0.29, 0.717) is 55.3 Å². The van der Waals surface area contributed by atoms with E-state index < -0.39 is 0 Å². The van der Waals surface area contributed by atoms with Gasteiger partial charge in [0, 0.05) is 75.5 Å². The fraction of sp³-hybridized carbons (Fsp3) is 0.538. The summed E-state index contributed by atoms with van der Waals surface area (Å²) in [7, 11) is 1.58. The summed E-state index contributed by atoms with van der Waals surface area (Å²) in [4.78, 5) is 29.2. The van der Waals surface area contributed by atoms with Gasteiger partial charge in [-0.2, -0.15) is 0 Å². The van der Waals surface area contributed by atoms with Crippen molar-refractivity contribution in [3.63, 3.8) is 0 Å². The summed E-state index contributed by atoms with van der Waals surface area (Å²) >= 11 is 0. The Bertz CT molecular complexity index is 1180. The number of methoxy groups -OCH3 is 1. The van der Waals surface area contributed by atoms with Crippen molar-refractivity contribution < 1.29 is 14.2 Å². The summed E-state index contributed by atoms with van der Waals surface area (Å²) in [5, 5.41) is 3.25. The van der Waals surface area contributed by atoms with E-state index >= 15 is 0 Å². The predicted molar refractivity (Wildman–Crippen MR) is 140 cm³/mol. The Morgan fingerprint density at radius 3 is 2.72 bits per heavy atom. The molecule has 0 aromatic carbocycles. The van der Waals surface area contributed by atoms with E-state index in [-0.39, 0.29) is 5.56 Å². The third-order valence-electron chi connectivity index (χ3n) is 6.24. The van der Waals surface area contributed by atoms with Crippen molar-refractivity contribution in [3.8, 4) is 17.0 Å². The first-order chi connectivity index (χ1) is 17.6. The molecule has 1 aliphatic heterocycles. The van der Waals surface area contributed by atoms with Gasteiger partial charge < -0.3 is 19.5 Å². The van der Waals surface area contributed by atoms with Crippen LogP contribution in [0, 0.1) is 0 Å². The van der Waals surface area contributed by atoms with Crippen LogP contribution in [0.15, 0.2) is 35.4 Å². The Morgan fingerprint density at radius 1 is 1.11 bits per heavy atom. The summed E-state index contributed by atoms with van der Waals surface area (Å²) in [6, 6.07) is 5.65. The topological polar surface area (TPSA) is 104 Å². The monoisotopic (exact) mass is 496 g/mol. The maximum absolute atomic E-state index is 13.4. The van der Waals surface area contributed by atoms with Crippen LogP contribution in [0.25, 0.3) is 22.3 Å². The third-order valence-corrected chi connectivity index (χ3v) is 6.24. The molecule has 1 N–H and O–H groups in total. The number of rotatable bonds is 13. The molecule has 1 aliphatic rings. The van der Waals surface area contributed by atoms with Crippen LogP contribution in [0.4, 0.5) is 5.82 Å². The van der Waals surface area contributed by atoms with E-state index in [4.69, 9.17) is 14.2 Å². The van der Waals surface area contributed by atoms with Crippen LogP contribution in [0.1, 0.15) is 26.7 Å². The number of pyridine rings is 2. The molecule has 10 nitrogen and oxygen atoms in total. The van der Waals surface area contributed by atoms with Crippen molar-refractivity contribution >= 4 is 17.0 Å². The molecule has 36 heavy (non-hydrogen) atoms. The van der Waals surface area contributed by atoms with E-state index in [0.717, 1.165) is 50.2 Å². The molecule has 10 heteroatoms. The zero-order valence-corrected chi connectivity index (χ0v) is 21.4. The molecule has 0 radical (unpaired) electrons. The second-order valence-corrected chi connectivity index (χ2v) is 8.78. The molecule has 1 saturated heterocycles. The number of likely N-dealkylation sites (tertiary alicyclic amines) is 1. The number of aromatic nitrogens is 4. The first-order valence-corrected chi connectivity index (χ1v) is 12.7. The minimum atomic E-state index is -0.178. The van der Waals surface area contributed by atoms with Gasteiger partial charge in [0.05, 0.1) is 25.3 Å². The van der Waals surface area contributed by atoms with Gasteiger partial charge in [-0.3, -0.25) is 14.3 Å². The summed E-state index contributed by atoms with van der Waals surface area (Å²) in [5.41, 5.74) is 2.72. The number of nitrogens with zero attached hydrogens (tertiary/aromatic N) is 5. The third kappa shape index (κ3) is 6.37. The largest absolute Gasteiger partial charge is 0.481 e. The molecule has 1 atom stereocenters. The van der Waals surface area contributed by atoms with E-state index in [1.165, 1.54) is 0 Å². The first-order valence-electron chi connectivity index (χ1n) is 12.7. The quantitative estimate of drug-likeness (QED) is 0.358. The Balaban J connectivity index is 1.56. The highest BCUT2D eigenvalue weighted by Gasteiger charge is 2.22. The van der Waals surface area contributed by atoms with E-state index in [9.17, 15) is 4.79 Å². The smallest absolute Gasteiger partial charge is 0.293 e. The molecule has 0 bridgehead atoms. The standard InChI is InChI=1S/C26H36N6O4/c1-4-13-35-14-12-32-22-15-20(19-6-7-23(34-3)28-16-19)17-29-24(22)30-25(26(32)33)27-9-11-31-10-8-21(18-31)36-5-2/h6-7,15-17,21H,4-5,8-14,18H2,1-3H3,(H,27,29,30). The minimum Gasteiger partial charge on any atom is -0.481 e. The molecular weight excluding hydrogens is 460 g/mol. The number of fused-ring (bicyclic) bond motifs is 1. The zero-order valence-electron chi connectivity index (χ0n) is 21.4. The Morgan fingerprint density at radius 2 is 1.97 bits per heavy atom. The molecule has 4 heterocycles. The van der Waals surface area contributed by atoms with Crippen molar-refractivity contribution in [3.05, 3.63) is 40.9 Å². The summed E-state index contributed by atoms with van der Waals surface area (Å²) < 4.78 is 18.3. The summed E-state index contributed by atoms with van der Waals surface area (Å²) in [5.74, 6) is 0.849. The lowest BCUT2D eigenvalue weighted by Crippen LogP contribution is -2.32. The summed E-state index contributed by atoms with van der Waals surface area (Å²) in [6.45, 7) is 9.70. The molecule has 1 fully saturated rings. The molecule has 0 aliphatic carbocycles. The van der Waals surface area contributed by atoms with Gasteiger partial charge in [0.1, 0.15) is 0 Å². The highest BCUT2D eigenvalue weighted by atomic mass is 16.5. The molecular formula is C26H36N6O4. The van der Waals surface area contributed by atoms with Gasteiger partial charge in [0.2, 0.25) is 5.88 Å². The van der Waals surface area contributed by atoms with Gasteiger partial charge in [-0.05, 0) is 31.9 Å². The fourth-order valence-corrected chi connectivity index (χ4v) is 4.40. The number of hydrogen-bond donors (Lipinski definition) is 1. The second kappa shape index (κ2) is 12.8. The van der Waals surface area contributed by atoms with Gasteiger partial charge in [0.15, 0.2) is 11.5 Å². The lowest BCUT2D eigenvalue weighted by atomic mass is 10.1. The lowest BCUT2D eigenvalue weighted by Gasteiger charge is -2.17. The second-order valence-electron chi connectivity index (χ2n) is 8.78. The highest BCUT2D eigenvalue weighted by molar-refractivity contribution is 5.78. The molecule has 0 spiro atoms. The van der Waals surface area contributed by atoms with Crippen molar-refractivity contribution in [1.82, 2.24) is 24.4 Å². The predicted octanol–water partition coefficient (Wildman–Crippen LogP) is 2.81. The minimum absolute atomic E-state index is 0.178. The maximum atomic E-state index is 13.4. The number of nitrogens with one attached hydrogen (secondary N) is 1. The molecule has 0 amide bonds. The molecule has 3 aromatic heterocycles. The van der Waals surface area contributed by atoms with Crippen LogP contribution in [-0.4, -0.2) is 83.6 Å². The molecule has 1 unspecified atom stereocenters. The Kier molecular flexibility index (Phi) is 9.21. The van der Waals surface area contributed by atoms with Crippen molar-refractivity contribution in [2.75, 3.05) is 58.4 Å². The fourth-order valence-electron chi connectivity index (χ4n) is 4.40. The van der Waals surface area contributed by atoms with Crippen LogP contribution in [0.2, 0.25) is 0 Å². The van der Waals surface area contributed by atoms with Gasteiger partial charge in [0.25, 0.3) is 5.56 Å². The van der Waals surface area contributed by atoms with E-state index in [1.807, 2.05) is 19.1 Å². The number of anilines is 1. The molecule has 194 valence electrons. The van der Waals surface area contributed by atoms with Gasteiger partial charge in [-0.15, -0.1) is 0 Å². The molecule has 0 saturated carbocycles. The average molecular weight is 497 g/mol. The average Bonchev–Trinajstić information content (AvgIpc) is 3.35. The van der Waals surface area contributed by atoms with Gasteiger partial charge in [-0.25, -0.2) is 15.0 Å². The van der Waals surface area contributed by atoms with Crippen molar-refractivity contribution in [2.24, 2.45) is 0 Å².